The van der Waals surface area contributed by atoms with Gasteiger partial charge in [-0.05, 0) is 51.9 Å². The third-order valence-electron chi connectivity index (χ3n) is 2.95. The Balaban J connectivity index is 2.12. The van der Waals surface area contributed by atoms with Crippen LogP contribution in [0.25, 0.3) is 0 Å². The number of benzene rings is 1. The van der Waals surface area contributed by atoms with E-state index in [0.29, 0.717) is 5.92 Å². The summed E-state index contributed by atoms with van der Waals surface area (Å²) in [5.41, 5.74) is 5.13. The van der Waals surface area contributed by atoms with Gasteiger partial charge in [-0.15, -0.1) is 0 Å². The molecule has 90 valence electrons. The van der Waals surface area contributed by atoms with Crippen molar-refractivity contribution in [1.82, 2.24) is 0 Å². The molecule has 1 aliphatic rings. The SMILES string of the molecule is CC1=C(Br)N=C(c2ccc(CC(C)C)cc2)C1. The van der Waals surface area contributed by atoms with Gasteiger partial charge >= 0.3 is 0 Å². The molecule has 0 atom stereocenters. The van der Waals surface area contributed by atoms with Crippen LogP contribution >= 0.6 is 15.9 Å². The molecule has 0 saturated carbocycles. The van der Waals surface area contributed by atoms with E-state index in [-0.39, 0.29) is 0 Å². The maximum absolute atomic E-state index is 4.54. The zero-order valence-corrected chi connectivity index (χ0v) is 12.2. The first-order valence-corrected chi connectivity index (χ1v) is 6.87. The molecule has 1 aliphatic heterocycles. The van der Waals surface area contributed by atoms with Gasteiger partial charge in [0, 0.05) is 6.42 Å². The van der Waals surface area contributed by atoms with Crippen molar-refractivity contribution in [2.75, 3.05) is 0 Å². The van der Waals surface area contributed by atoms with Crippen LogP contribution in [-0.4, -0.2) is 5.71 Å². The fourth-order valence-electron chi connectivity index (χ4n) is 2.05. The summed E-state index contributed by atoms with van der Waals surface area (Å²) in [6.45, 7) is 6.62. The van der Waals surface area contributed by atoms with E-state index in [1.165, 1.54) is 22.4 Å². The first-order chi connectivity index (χ1) is 8.06. The second-order valence-corrected chi connectivity index (χ2v) is 5.85. The predicted octanol–water partition coefficient (Wildman–Crippen LogP) is 4.70. The molecule has 0 aliphatic carbocycles. The number of nitrogens with zero attached hydrogens (tertiary/aromatic N) is 1. The molecule has 0 saturated heterocycles. The quantitative estimate of drug-likeness (QED) is 0.716. The standard InChI is InChI=1S/C15H18BrN/c1-10(2)8-12-4-6-13(7-5-12)14-9-11(3)15(16)17-14/h4-7,10H,8-9H2,1-3H3. The number of hydrogen-bond acceptors (Lipinski definition) is 1. The summed E-state index contributed by atoms with van der Waals surface area (Å²) >= 11 is 3.48. The van der Waals surface area contributed by atoms with Crippen LogP contribution in [0.1, 0.15) is 38.3 Å². The van der Waals surface area contributed by atoms with Crippen LogP contribution in [0.4, 0.5) is 0 Å². The van der Waals surface area contributed by atoms with E-state index >= 15 is 0 Å². The zero-order chi connectivity index (χ0) is 12.4. The van der Waals surface area contributed by atoms with Crippen LogP contribution in [0.5, 0.6) is 0 Å². The van der Waals surface area contributed by atoms with Gasteiger partial charge in [0.2, 0.25) is 0 Å². The maximum atomic E-state index is 4.54. The molecule has 0 radical (unpaired) electrons. The van der Waals surface area contributed by atoms with Crippen LogP contribution < -0.4 is 0 Å². The normalized spacial score (nSPS) is 15.7. The van der Waals surface area contributed by atoms with Gasteiger partial charge in [-0.2, -0.15) is 0 Å². The molecule has 0 aromatic heterocycles. The third-order valence-corrected chi connectivity index (χ3v) is 3.80. The molecule has 0 N–H and O–H groups in total. The summed E-state index contributed by atoms with van der Waals surface area (Å²) in [6, 6.07) is 8.82. The molecule has 0 bridgehead atoms. The highest BCUT2D eigenvalue weighted by molar-refractivity contribution is 9.11. The van der Waals surface area contributed by atoms with Crippen molar-refractivity contribution in [3.63, 3.8) is 0 Å². The van der Waals surface area contributed by atoms with Crippen LogP contribution in [0.15, 0.2) is 39.4 Å². The number of halogens is 1. The first-order valence-electron chi connectivity index (χ1n) is 6.08. The minimum Gasteiger partial charge on any atom is -0.245 e. The van der Waals surface area contributed by atoms with Crippen molar-refractivity contribution in [2.45, 2.75) is 33.6 Å². The largest absolute Gasteiger partial charge is 0.245 e. The van der Waals surface area contributed by atoms with E-state index < -0.39 is 0 Å². The molecular weight excluding hydrogens is 274 g/mol. The van der Waals surface area contributed by atoms with Gasteiger partial charge in [0.25, 0.3) is 0 Å². The van der Waals surface area contributed by atoms with E-state index in [9.17, 15) is 0 Å². The summed E-state index contributed by atoms with van der Waals surface area (Å²) in [6.07, 6.45) is 2.11. The fraction of sp³-hybridized carbons (Fsp3) is 0.400. The highest BCUT2D eigenvalue weighted by Gasteiger charge is 2.14. The Morgan fingerprint density at radius 1 is 1.24 bits per heavy atom. The molecule has 1 heterocycles. The predicted molar refractivity (Wildman–Crippen MR) is 77.8 cm³/mol. The molecule has 17 heavy (non-hydrogen) atoms. The van der Waals surface area contributed by atoms with Gasteiger partial charge in [-0.25, -0.2) is 4.99 Å². The van der Waals surface area contributed by atoms with Crippen LogP contribution in [-0.2, 0) is 6.42 Å². The highest BCUT2D eigenvalue weighted by atomic mass is 79.9. The minimum absolute atomic E-state index is 0.711. The van der Waals surface area contributed by atoms with Crippen molar-refractivity contribution in [1.29, 1.82) is 0 Å². The Hall–Kier alpha value is -0.890. The second kappa shape index (κ2) is 5.18. The Morgan fingerprint density at radius 3 is 2.35 bits per heavy atom. The Morgan fingerprint density at radius 2 is 1.88 bits per heavy atom. The molecular formula is C15H18BrN. The molecule has 1 nitrogen and oxygen atoms in total. The Labute approximate surface area is 112 Å². The van der Waals surface area contributed by atoms with Crippen molar-refractivity contribution in [2.24, 2.45) is 10.9 Å². The van der Waals surface area contributed by atoms with Gasteiger partial charge in [-0.1, -0.05) is 38.1 Å². The van der Waals surface area contributed by atoms with E-state index in [2.05, 4.69) is 66.0 Å². The third kappa shape index (κ3) is 3.06. The molecule has 0 unspecified atom stereocenters. The maximum Gasteiger partial charge on any atom is 0.105 e. The number of hydrogen-bond donors (Lipinski definition) is 0. The zero-order valence-electron chi connectivity index (χ0n) is 10.6. The molecule has 0 spiro atoms. The van der Waals surface area contributed by atoms with Gasteiger partial charge in [0.15, 0.2) is 0 Å². The highest BCUT2D eigenvalue weighted by Crippen LogP contribution is 2.27. The molecule has 1 aromatic rings. The Bertz CT molecular complexity index is 466. The molecule has 2 heteroatoms. The summed E-state index contributed by atoms with van der Waals surface area (Å²) in [7, 11) is 0. The lowest BCUT2D eigenvalue weighted by molar-refractivity contribution is 0.647. The van der Waals surface area contributed by atoms with Gasteiger partial charge in [0.1, 0.15) is 4.61 Å². The summed E-state index contributed by atoms with van der Waals surface area (Å²) in [4.78, 5) is 4.54. The fourth-order valence-corrected chi connectivity index (χ4v) is 2.40. The van der Waals surface area contributed by atoms with E-state index in [1.807, 2.05) is 0 Å². The van der Waals surface area contributed by atoms with E-state index in [1.54, 1.807) is 0 Å². The average molecular weight is 292 g/mol. The smallest absolute Gasteiger partial charge is 0.105 e. The van der Waals surface area contributed by atoms with Crippen molar-refractivity contribution in [3.8, 4) is 0 Å². The summed E-state index contributed by atoms with van der Waals surface area (Å²) in [5, 5.41) is 0. The molecule has 0 amide bonds. The Kier molecular flexibility index (Phi) is 3.82. The van der Waals surface area contributed by atoms with E-state index in [0.717, 1.165) is 17.4 Å². The minimum atomic E-state index is 0.711. The van der Waals surface area contributed by atoms with Gasteiger partial charge < -0.3 is 0 Å². The van der Waals surface area contributed by atoms with Crippen LogP contribution in [0.2, 0.25) is 0 Å². The van der Waals surface area contributed by atoms with Crippen molar-refractivity contribution < 1.29 is 0 Å². The average Bonchev–Trinajstić information content (AvgIpc) is 2.59. The van der Waals surface area contributed by atoms with Crippen molar-refractivity contribution in [3.05, 3.63) is 45.6 Å². The lowest BCUT2D eigenvalue weighted by Crippen LogP contribution is -1.99. The monoisotopic (exact) mass is 291 g/mol. The molecule has 0 fully saturated rings. The second-order valence-electron chi connectivity index (χ2n) is 5.10. The van der Waals surface area contributed by atoms with E-state index in [4.69, 9.17) is 0 Å². The van der Waals surface area contributed by atoms with Gasteiger partial charge in [-0.3, -0.25) is 0 Å². The lowest BCUT2D eigenvalue weighted by Gasteiger charge is -2.06. The lowest BCUT2D eigenvalue weighted by atomic mass is 9.99. The number of rotatable bonds is 3. The summed E-state index contributed by atoms with van der Waals surface area (Å²) < 4.78 is 0.999. The van der Waals surface area contributed by atoms with Crippen molar-refractivity contribution >= 4 is 21.6 Å². The first kappa shape index (κ1) is 12.6. The van der Waals surface area contributed by atoms with Gasteiger partial charge in [0.05, 0.1) is 5.71 Å². The molecule has 1 aromatic carbocycles. The summed E-state index contributed by atoms with van der Waals surface area (Å²) in [5.74, 6) is 0.711. The van der Waals surface area contributed by atoms with Crippen LogP contribution in [0, 0.1) is 5.92 Å². The van der Waals surface area contributed by atoms with Crippen LogP contribution in [0.3, 0.4) is 0 Å². The molecule has 2 rings (SSSR count). The topological polar surface area (TPSA) is 12.4 Å². The number of aliphatic imine (C=N–C) groups is 1. The number of allylic oxidation sites excluding steroid dienone is 1.